The highest BCUT2D eigenvalue weighted by Crippen LogP contribution is 2.38. The number of halogens is 1. The molecule has 4 rings (SSSR count). The molecule has 1 aliphatic rings. The molecule has 37 heavy (non-hydrogen) atoms. The summed E-state index contributed by atoms with van der Waals surface area (Å²) >= 11 is 0. The number of morpholine rings is 1. The summed E-state index contributed by atoms with van der Waals surface area (Å²) < 4.78 is 26.5. The average molecular weight is 522 g/mol. The van der Waals surface area contributed by atoms with Crippen molar-refractivity contribution in [3.05, 3.63) is 96.3 Å². The molecule has 7 heteroatoms. The van der Waals surface area contributed by atoms with E-state index >= 15 is 0 Å². The highest BCUT2D eigenvalue weighted by Gasteiger charge is 2.51. The Morgan fingerprint density at radius 2 is 1.51 bits per heavy atom. The molecule has 1 unspecified atom stereocenters. The van der Waals surface area contributed by atoms with Gasteiger partial charge < -0.3 is 19.2 Å². The number of rotatable bonds is 7. The molecule has 0 saturated carbocycles. The van der Waals surface area contributed by atoms with Gasteiger partial charge in [0.2, 0.25) is 6.29 Å². The van der Waals surface area contributed by atoms with Gasteiger partial charge in [-0.15, -0.1) is 0 Å². The summed E-state index contributed by atoms with van der Waals surface area (Å²) in [7, 11) is -2.90. The molecular weight excluding hydrogens is 485 g/mol. The second-order valence-corrected chi connectivity index (χ2v) is 15.5. The van der Waals surface area contributed by atoms with Crippen LogP contribution < -0.4 is 10.4 Å². The Bertz CT molecular complexity index is 1160. The largest absolute Gasteiger partial charge is 0.405 e. The summed E-state index contributed by atoms with van der Waals surface area (Å²) in [5, 5.41) is 12.4. The maximum atomic E-state index is 13.9. The molecule has 0 radical (unpaired) electrons. The molecule has 0 bridgehead atoms. The van der Waals surface area contributed by atoms with Gasteiger partial charge in [-0.3, -0.25) is 4.79 Å². The van der Waals surface area contributed by atoms with E-state index in [1.807, 2.05) is 50.2 Å². The molecular formula is C30H36FNO4Si. The fraction of sp³-hybridized carbons (Fsp3) is 0.367. The second-order valence-electron chi connectivity index (χ2n) is 11.2. The van der Waals surface area contributed by atoms with Gasteiger partial charge in [0.15, 0.2) is 0 Å². The maximum Gasteiger partial charge on any atom is 0.280 e. The van der Waals surface area contributed by atoms with Crippen LogP contribution in [0.3, 0.4) is 0 Å². The maximum absolute atomic E-state index is 13.9. The lowest BCUT2D eigenvalue weighted by atomic mass is 10.0. The Kier molecular flexibility index (Phi) is 7.71. The minimum Gasteiger partial charge on any atom is -0.405 e. The monoisotopic (exact) mass is 521 g/mol. The Morgan fingerprint density at radius 3 is 2.00 bits per heavy atom. The average Bonchev–Trinajstić information content (AvgIpc) is 2.85. The Labute approximate surface area is 220 Å². The van der Waals surface area contributed by atoms with Crippen molar-refractivity contribution >= 4 is 24.6 Å². The first-order chi connectivity index (χ1) is 17.4. The molecule has 3 aromatic rings. The fourth-order valence-corrected chi connectivity index (χ4v) is 9.86. The van der Waals surface area contributed by atoms with E-state index in [1.54, 1.807) is 17.0 Å². The Hall–Kier alpha value is -2.84. The molecule has 1 fully saturated rings. The topological polar surface area (TPSA) is 59.0 Å². The van der Waals surface area contributed by atoms with E-state index in [0.717, 1.165) is 15.9 Å². The number of ether oxygens (including phenoxy) is 1. The predicted molar refractivity (Wildman–Crippen MR) is 146 cm³/mol. The number of benzene rings is 3. The first kappa shape index (κ1) is 27.2. The van der Waals surface area contributed by atoms with E-state index in [-0.39, 0.29) is 24.0 Å². The van der Waals surface area contributed by atoms with Gasteiger partial charge in [-0.05, 0) is 47.0 Å². The van der Waals surface area contributed by atoms with Crippen molar-refractivity contribution < 1.29 is 23.5 Å². The van der Waals surface area contributed by atoms with Crippen LogP contribution in [0, 0.1) is 5.82 Å². The third kappa shape index (κ3) is 5.55. The lowest BCUT2D eigenvalue weighted by molar-refractivity contribution is -0.225. The number of aliphatic hydroxyl groups excluding tert-OH is 1. The van der Waals surface area contributed by atoms with Crippen molar-refractivity contribution in [3.8, 4) is 0 Å². The number of nitrogens with zero attached hydrogens (tertiary/aromatic N) is 1. The summed E-state index contributed by atoms with van der Waals surface area (Å²) in [6.07, 6.45) is -1.57. The van der Waals surface area contributed by atoms with Crippen molar-refractivity contribution in [2.75, 3.05) is 13.2 Å². The molecule has 2 atom stereocenters. The molecule has 1 N–H and O–H groups in total. The summed E-state index contributed by atoms with van der Waals surface area (Å²) in [5.41, 5.74) is -0.0270. The second kappa shape index (κ2) is 10.5. The first-order valence-corrected chi connectivity index (χ1v) is 14.5. The van der Waals surface area contributed by atoms with Crippen LogP contribution in [0.25, 0.3) is 0 Å². The normalized spacial score (nSPS) is 19.1. The Morgan fingerprint density at radius 1 is 1.00 bits per heavy atom. The minimum atomic E-state index is -2.90. The molecule has 0 spiro atoms. The van der Waals surface area contributed by atoms with Crippen molar-refractivity contribution in [1.29, 1.82) is 0 Å². The molecule has 0 aliphatic carbocycles. The zero-order valence-corrected chi connectivity index (χ0v) is 23.1. The molecule has 5 nitrogen and oxygen atoms in total. The van der Waals surface area contributed by atoms with Gasteiger partial charge in [0, 0.05) is 0 Å². The smallest absolute Gasteiger partial charge is 0.280 e. The van der Waals surface area contributed by atoms with E-state index in [9.17, 15) is 14.3 Å². The van der Waals surface area contributed by atoms with Crippen LogP contribution in [0.5, 0.6) is 0 Å². The zero-order chi connectivity index (χ0) is 26.8. The van der Waals surface area contributed by atoms with Crippen LogP contribution >= 0.6 is 0 Å². The predicted octanol–water partition coefficient (Wildman–Crippen LogP) is 4.40. The van der Waals surface area contributed by atoms with Crippen LogP contribution in [0.15, 0.2) is 84.9 Å². The first-order valence-electron chi connectivity index (χ1n) is 12.6. The number of hydrogen-bond acceptors (Lipinski definition) is 4. The van der Waals surface area contributed by atoms with Gasteiger partial charge in [0.1, 0.15) is 5.82 Å². The standard InChI is InChI=1S/C30H36FNO4Si/c1-29(2,3)37(24-12-8-6-9-13-24,25-14-10-7-11-15-25)35-20-26(22-16-18-23(31)19-17-22)32-21-30(4,5)36-28(34)27(32)33/h6-19,26,28,34H,20-21H2,1-5H3/t26-,28?/m0/s1. The van der Waals surface area contributed by atoms with Crippen LogP contribution in [-0.4, -0.2) is 49.3 Å². The number of aliphatic hydroxyl groups is 1. The SMILES string of the molecule is CC1(C)CN([C@@H](CO[Si](c2ccccc2)(c2ccccc2)C(C)(C)C)c2ccc(F)cc2)C(=O)C(O)O1. The lowest BCUT2D eigenvalue weighted by Gasteiger charge is -2.47. The molecule has 1 saturated heterocycles. The quantitative estimate of drug-likeness (QED) is 0.469. The molecule has 3 aromatic carbocycles. The van der Waals surface area contributed by atoms with Crippen LogP contribution in [0.2, 0.25) is 5.04 Å². The summed E-state index contributed by atoms with van der Waals surface area (Å²) in [6.45, 7) is 10.7. The molecule has 196 valence electrons. The molecule has 1 aliphatic heterocycles. The Balaban J connectivity index is 1.82. The van der Waals surface area contributed by atoms with Crippen molar-refractivity contribution in [2.45, 2.75) is 57.6 Å². The van der Waals surface area contributed by atoms with Crippen molar-refractivity contribution in [2.24, 2.45) is 0 Å². The van der Waals surface area contributed by atoms with Crippen LogP contribution in [-0.2, 0) is 14.0 Å². The van der Waals surface area contributed by atoms with Gasteiger partial charge in [0.05, 0.1) is 24.8 Å². The van der Waals surface area contributed by atoms with E-state index in [1.165, 1.54) is 12.1 Å². The highest BCUT2D eigenvalue weighted by atomic mass is 28.4. The summed E-state index contributed by atoms with van der Waals surface area (Å²) in [6, 6.07) is 26.1. The van der Waals surface area contributed by atoms with Gasteiger partial charge >= 0.3 is 0 Å². The number of carbonyl (C=O) groups is 1. The third-order valence-electron chi connectivity index (χ3n) is 6.98. The lowest BCUT2D eigenvalue weighted by Crippen LogP contribution is -2.67. The van der Waals surface area contributed by atoms with Crippen molar-refractivity contribution in [3.63, 3.8) is 0 Å². The van der Waals surface area contributed by atoms with E-state index in [4.69, 9.17) is 9.16 Å². The van der Waals surface area contributed by atoms with Gasteiger partial charge in [-0.1, -0.05) is 93.6 Å². The number of amides is 1. The third-order valence-corrected chi connectivity index (χ3v) is 12.0. The number of carbonyl (C=O) groups excluding carboxylic acids is 1. The summed E-state index contributed by atoms with van der Waals surface area (Å²) in [4.78, 5) is 14.8. The number of hydrogen-bond donors (Lipinski definition) is 1. The van der Waals surface area contributed by atoms with Crippen molar-refractivity contribution in [1.82, 2.24) is 4.90 Å². The molecule has 1 heterocycles. The minimum absolute atomic E-state index is 0.174. The fourth-order valence-electron chi connectivity index (χ4n) is 5.30. The van der Waals surface area contributed by atoms with Crippen LogP contribution in [0.4, 0.5) is 4.39 Å². The van der Waals surface area contributed by atoms with Gasteiger partial charge in [-0.25, -0.2) is 4.39 Å². The molecule has 1 amide bonds. The van der Waals surface area contributed by atoms with E-state index in [0.29, 0.717) is 0 Å². The van der Waals surface area contributed by atoms with Gasteiger partial charge in [0.25, 0.3) is 14.2 Å². The summed E-state index contributed by atoms with van der Waals surface area (Å²) in [5.74, 6) is -0.885. The van der Waals surface area contributed by atoms with E-state index < -0.39 is 32.2 Å². The van der Waals surface area contributed by atoms with E-state index in [2.05, 4.69) is 45.0 Å². The highest BCUT2D eigenvalue weighted by molar-refractivity contribution is 6.99. The zero-order valence-electron chi connectivity index (χ0n) is 22.1. The van der Waals surface area contributed by atoms with Gasteiger partial charge in [-0.2, -0.15) is 0 Å². The molecule has 0 aromatic heterocycles. The van der Waals surface area contributed by atoms with Crippen LogP contribution in [0.1, 0.15) is 46.2 Å².